The molecule has 1 saturated heterocycles. The quantitative estimate of drug-likeness (QED) is 0.921. The Morgan fingerprint density at radius 2 is 2.10 bits per heavy atom. The van der Waals surface area contributed by atoms with Crippen LogP contribution in [0.25, 0.3) is 0 Å². The average molecular weight is 314 g/mol. The highest BCUT2D eigenvalue weighted by atomic mass is 32.2. The van der Waals surface area contributed by atoms with Crippen molar-refractivity contribution in [2.45, 2.75) is 31.2 Å². The molecule has 0 atom stereocenters. The maximum absolute atomic E-state index is 12.9. The molecule has 1 fully saturated rings. The van der Waals surface area contributed by atoms with Crippen molar-refractivity contribution in [1.82, 2.24) is 4.31 Å². The molecule has 0 bridgehead atoms. The van der Waals surface area contributed by atoms with E-state index in [4.69, 9.17) is 5.73 Å². The van der Waals surface area contributed by atoms with Gasteiger partial charge in [0, 0.05) is 25.4 Å². The molecular formula is C14H22N2O2S2. The van der Waals surface area contributed by atoms with Crippen LogP contribution in [0, 0.1) is 0 Å². The van der Waals surface area contributed by atoms with Crippen LogP contribution in [0.5, 0.6) is 0 Å². The van der Waals surface area contributed by atoms with Crippen molar-refractivity contribution in [3.63, 3.8) is 0 Å². The van der Waals surface area contributed by atoms with Crippen LogP contribution in [0.3, 0.4) is 0 Å². The molecule has 0 spiro atoms. The summed E-state index contributed by atoms with van der Waals surface area (Å²) in [7, 11) is -3.40. The van der Waals surface area contributed by atoms with Crippen LogP contribution in [0.1, 0.15) is 24.5 Å². The number of hydrogen-bond acceptors (Lipinski definition) is 4. The molecule has 0 aromatic heterocycles. The van der Waals surface area contributed by atoms with Gasteiger partial charge in [-0.2, -0.15) is 16.1 Å². The van der Waals surface area contributed by atoms with E-state index in [2.05, 4.69) is 0 Å². The van der Waals surface area contributed by atoms with Crippen LogP contribution in [-0.2, 0) is 23.0 Å². The fourth-order valence-corrected chi connectivity index (χ4v) is 5.19. The van der Waals surface area contributed by atoms with Crippen molar-refractivity contribution in [1.29, 1.82) is 0 Å². The molecule has 0 unspecified atom stereocenters. The summed E-state index contributed by atoms with van der Waals surface area (Å²) in [6, 6.07) is 5.55. The average Bonchev–Trinajstić information content (AvgIpc) is 2.76. The topological polar surface area (TPSA) is 63.4 Å². The van der Waals surface area contributed by atoms with Gasteiger partial charge in [-0.1, -0.05) is 19.1 Å². The highest BCUT2D eigenvalue weighted by Crippen LogP contribution is 2.24. The van der Waals surface area contributed by atoms with Crippen molar-refractivity contribution in [3.05, 3.63) is 29.3 Å². The Morgan fingerprint density at radius 3 is 2.80 bits per heavy atom. The molecule has 0 aliphatic carbocycles. The van der Waals surface area contributed by atoms with Gasteiger partial charge >= 0.3 is 0 Å². The van der Waals surface area contributed by atoms with E-state index in [9.17, 15) is 8.42 Å². The lowest BCUT2D eigenvalue weighted by atomic mass is 10.1. The fraction of sp³-hybridized carbons (Fsp3) is 0.571. The second-order valence-electron chi connectivity index (χ2n) is 4.87. The number of aryl methyl sites for hydroxylation is 1. The zero-order valence-corrected chi connectivity index (χ0v) is 13.5. The zero-order chi connectivity index (χ0) is 14.6. The molecule has 4 nitrogen and oxygen atoms in total. The van der Waals surface area contributed by atoms with E-state index in [0.29, 0.717) is 31.0 Å². The number of nitrogens with two attached hydrogens (primary N) is 1. The summed E-state index contributed by atoms with van der Waals surface area (Å²) in [5, 5.41) is 0. The number of thioether (sulfide) groups is 1. The summed E-state index contributed by atoms with van der Waals surface area (Å²) < 4.78 is 27.4. The Balaban J connectivity index is 2.41. The number of nitrogens with zero attached hydrogens (tertiary/aromatic N) is 1. The third-order valence-electron chi connectivity index (χ3n) is 3.55. The molecule has 2 N–H and O–H groups in total. The van der Waals surface area contributed by atoms with Gasteiger partial charge in [0.1, 0.15) is 0 Å². The highest BCUT2D eigenvalue weighted by molar-refractivity contribution is 7.99. The minimum atomic E-state index is -3.40. The maximum Gasteiger partial charge on any atom is 0.243 e. The minimum Gasteiger partial charge on any atom is -0.326 e. The van der Waals surface area contributed by atoms with Crippen molar-refractivity contribution < 1.29 is 8.42 Å². The van der Waals surface area contributed by atoms with Gasteiger partial charge in [-0.3, -0.25) is 0 Å². The normalized spacial score (nSPS) is 17.9. The molecular weight excluding hydrogens is 292 g/mol. The van der Waals surface area contributed by atoms with Gasteiger partial charge in [0.15, 0.2) is 0 Å². The molecule has 1 heterocycles. The van der Waals surface area contributed by atoms with Gasteiger partial charge in [-0.15, -0.1) is 0 Å². The summed E-state index contributed by atoms with van der Waals surface area (Å²) in [6.07, 6.45) is 1.63. The first-order valence-corrected chi connectivity index (χ1v) is 9.59. The van der Waals surface area contributed by atoms with Gasteiger partial charge in [-0.25, -0.2) is 8.42 Å². The standard InChI is InChI=1S/C14H22N2O2S2/c1-2-13-5-4-12(11-15)10-14(13)20(17,18)16-6-3-8-19-9-7-16/h4-5,10H,2-3,6-9,11,15H2,1H3. The van der Waals surface area contributed by atoms with Crippen molar-refractivity contribution in [2.24, 2.45) is 5.73 Å². The van der Waals surface area contributed by atoms with Gasteiger partial charge in [0.2, 0.25) is 10.0 Å². The maximum atomic E-state index is 12.9. The summed E-state index contributed by atoms with van der Waals surface area (Å²) in [5.41, 5.74) is 7.39. The van der Waals surface area contributed by atoms with Gasteiger partial charge in [0.25, 0.3) is 0 Å². The predicted molar refractivity (Wildman–Crippen MR) is 84.4 cm³/mol. The molecule has 1 aromatic carbocycles. The number of sulfonamides is 1. The molecule has 2 rings (SSSR count). The van der Waals surface area contributed by atoms with Crippen LogP contribution < -0.4 is 5.73 Å². The van der Waals surface area contributed by atoms with E-state index >= 15 is 0 Å². The fourth-order valence-electron chi connectivity index (χ4n) is 2.36. The van der Waals surface area contributed by atoms with Crippen molar-refractivity contribution in [3.8, 4) is 0 Å². The van der Waals surface area contributed by atoms with Gasteiger partial charge < -0.3 is 5.73 Å². The molecule has 20 heavy (non-hydrogen) atoms. The van der Waals surface area contributed by atoms with E-state index < -0.39 is 10.0 Å². The van der Waals surface area contributed by atoms with Crippen LogP contribution >= 0.6 is 11.8 Å². The summed E-state index contributed by atoms with van der Waals surface area (Å²) in [5.74, 6) is 1.91. The van der Waals surface area contributed by atoms with E-state index in [1.54, 1.807) is 10.4 Å². The molecule has 1 aliphatic rings. The Morgan fingerprint density at radius 1 is 1.30 bits per heavy atom. The second-order valence-corrected chi connectivity index (χ2v) is 8.00. The van der Waals surface area contributed by atoms with Gasteiger partial charge in [-0.05, 0) is 35.8 Å². The van der Waals surface area contributed by atoms with E-state index in [-0.39, 0.29) is 0 Å². The van der Waals surface area contributed by atoms with Crippen molar-refractivity contribution >= 4 is 21.8 Å². The first-order valence-electron chi connectivity index (χ1n) is 6.99. The first kappa shape index (κ1) is 15.8. The predicted octanol–water partition coefficient (Wildman–Crippen LogP) is 1.84. The minimum absolute atomic E-state index is 0.363. The molecule has 0 saturated carbocycles. The molecule has 6 heteroatoms. The van der Waals surface area contributed by atoms with Crippen LogP contribution in [-0.4, -0.2) is 37.3 Å². The molecule has 112 valence electrons. The van der Waals surface area contributed by atoms with E-state index in [0.717, 1.165) is 29.1 Å². The Bertz CT molecular complexity index is 550. The number of benzene rings is 1. The van der Waals surface area contributed by atoms with E-state index in [1.165, 1.54) is 0 Å². The Labute approximate surface area is 125 Å². The zero-order valence-electron chi connectivity index (χ0n) is 11.8. The third-order valence-corrected chi connectivity index (χ3v) is 6.58. The Hall–Kier alpha value is -0.560. The molecule has 0 amide bonds. The van der Waals surface area contributed by atoms with Gasteiger partial charge in [0.05, 0.1) is 4.90 Å². The molecule has 1 aromatic rings. The Kier molecular flexibility index (Phi) is 5.49. The summed E-state index contributed by atoms with van der Waals surface area (Å²) in [4.78, 5) is 0.440. The number of rotatable bonds is 4. The van der Waals surface area contributed by atoms with Crippen LogP contribution in [0.4, 0.5) is 0 Å². The monoisotopic (exact) mass is 314 g/mol. The third kappa shape index (κ3) is 3.36. The lowest BCUT2D eigenvalue weighted by Crippen LogP contribution is -2.33. The second kappa shape index (κ2) is 6.93. The summed E-state index contributed by atoms with van der Waals surface area (Å²) >= 11 is 1.82. The smallest absolute Gasteiger partial charge is 0.243 e. The molecule has 0 radical (unpaired) electrons. The van der Waals surface area contributed by atoms with Crippen molar-refractivity contribution in [2.75, 3.05) is 24.6 Å². The summed E-state index contributed by atoms with van der Waals surface area (Å²) in [6.45, 7) is 3.56. The SMILES string of the molecule is CCc1ccc(CN)cc1S(=O)(=O)N1CCCSCC1. The van der Waals surface area contributed by atoms with E-state index in [1.807, 2.05) is 30.8 Å². The number of hydrogen-bond donors (Lipinski definition) is 1. The van der Waals surface area contributed by atoms with Crippen LogP contribution in [0.2, 0.25) is 0 Å². The largest absolute Gasteiger partial charge is 0.326 e. The lowest BCUT2D eigenvalue weighted by Gasteiger charge is -2.21. The first-order chi connectivity index (χ1) is 9.59. The highest BCUT2D eigenvalue weighted by Gasteiger charge is 2.27. The molecule has 1 aliphatic heterocycles. The lowest BCUT2D eigenvalue weighted by molar-refractivity contribution is 0.434. The van der Waals surface area contributed by atoms with Crippen LogP contribution in [0.15, 0.2) is 23.1 Å².